The van der Waals surface area contributed by atoms with E-state index < -0.39 is 0 Å². The minimum absolute atomic E-state index is 0.0177. The SMILES string of the molecule is Cc1nc(C2CC2)cc(=O)n1C1CCCC(=O)C1. The van der Waals surface area contributed by atoms with Crippen LogP contribution in [0.3, 0.4) is 0 Å². The minimum atomic E-state index is 0.0177. The predicted molar refractivity (Wildman–Crippen MR) is 67.7 cm³/mol. The summed E-state index contributed by atoms with van der Waals surface area (Å²) in [6.45, 7) is 1.88. The molecule has 2 saturated carbocycles. The quantitative estimate of drug-likeness (QED) is 0.803. The molecule has 1 unspecified atom stereocenters. The van der Waals surface area contributed by atoms with Crippen molar-refractivity contribution in [2.24, 2.45) is 0 Å². The highest BCUT2D eigenvalue weighted by molar-refractivity contribution is 5.79. The first-order valence-corrected chi connectivity index (χ1v) is 6.77. The molecule has 3 rings (SSSR count). The van der Waals surface area contributed by atoms with Gasteiger partial charge in [0.05, 0.1) is 5.69 Å². The molecule has 4 heteroatoms. The predicted octanol–water partition coefficient (Wildman–Crippen LogP) is 2.11. The Morgan fingerprint density at radius 3 is 2.67 bits per heavy atom. The number of aromatic nitrogens is 2. The first-order chi connectivity index (χ1) is 8.65. The van der Waals surface area contributed by atoms with Crippen LogP contribution < -0.4 is 5.56 Å². The highest BCUT2D eigenvalue weighted by atomic mass is 16.1. The zero-order valence-electron chi connectivity index (χ0n) is 10.7. The maximum absolute atomic E-state index is 12.2. The summed E-state index contributed by atoms with van der Waals surface area (Å²) < 4.78 is 1.73. The van der Waals surface area contributed by atoms with E-state index in [1.807, 2.05) is 6.92 Å². The lowest BCUT2D eigenvalue weighted by atomic mass is 9.94. The lowest BCUT2D eigenvalue weighted by Crippen LogP contribution is -2.31. The number of rotatable bonds is 2. The third-order valence-electron chi connectivity index (χ3n) is 3.97. The fourth-order valence-corrected chi connectivity index (χ4v) is 2.88. The van der Waals surface area contributed by atoms with E-state index in [0.717, 1.165) is 37.2 Å². The second-order valence-electron chi connectivity index (χ2n) is 5.50. The first kappa shape index (κ1) is 11.6. The van der Waals surface area contributed by atoms with Crippen LogP contribution in [-0.2, 0) is 4.79 Å². The molecule has 2 fully saturated rings. The Labute approximate surface area is 106 Å². The molecule has 2 aliphatic rings. The molecule has 0 saturated heterocycles. The zero-order chi connectivity index (χ0) is 12.7. The van der Waals surface area contributed by atoms with Gasteiger partial charge in [-0.1, -0.05) is 0 Å². The fourth-order valence-electron chi connectivity index (χ4n) is 2.88. The van der Waals surface area contributed by atoms with Crippen molar-refractivity contribution in [2.45, 2.75) is 57.4 Å². The van der Waals surface area contributed by atoms with Gasteiger partial charge >= 0.3 is 0 Å². The van der Waals surface area contributed by atoms with Crippen molar-refractivity contribution in [3.8, 4) is 0 Å². The van der Waals surface area contributed by atoms with Crippen LogP contribution in [0.4, 0.5) is 0 Å². The average molecular weight is 246 g/mol. The monoisotopic (exact) mass is 246 g/mol. The van der Waals surface area contributed by atoms with Crippen molar-refractivity contribution in [3.05, 3.63) is 27.9 Å². The van der Waals surface area contributed by atoms with Gasteiger partial charge in [0.1, 0.15) is 11.6 Å². The van der Waals surface area contributed by atoms with Crippen LogP contribution in [0, 0.1) is 6.92 Å². The molecule has 1 atom stereocenters. The van der Waals surface area contributed by atoms with Crippen molar-refractivity contribution in [1.82, 2.24) is 9.55 Å². The van der Waals surface area contributed by atoms with E-state index in [1.54, 1.807) is 10.6 Å². The van der Waals surface area contributed by atoms with E-state index >= 15 is 0 Å². The molecular formula is C14H18N2O2. The Morgan fingerprint density at radius 1 is 1.28 bits per heavy atom. The van der Waals surface area contributed by atoms with Crippen LogP contribution in [0.15, 0.2) is 10.9 Å². The molecule has 0 amide bonds. The van der Waals surface area contributed by atoms with Crippen LogP contribution in [0.25, 0.3) is 0 Å². The van der Waals surface area contributed by atoms with Crippen molar-refractivity contribution in [1.29, 1.82) is 0 Å². The molecule has 0 N–H and O–H groups in total. The van der Waals surface area contributed by atoms with Gasteiger partial charge in [-0.15, -0.1) is 0 Å². The standard InChI is InChI=1S/C14H18N2O2/c1-9-15-13(10-5-6-10)8-14(18)16(9)11-3-2-4-12(17)7-11/h8,10-11H,2-7H2,1H3. The van der Waals surface area contributed by atoms with E-state index in [9.17, 15) is 9.59 Å². The molecule has 96 valence electrons. The van der Waals surface area contributed by atoms with Crippen LogP contribution in [0.2, 0.25) is 0 Å². The van der Waals surface area contributed by atoms with Crippen LogP contribution in [-0.4, -0.2) is 15.3 Å². The molecule has 4 nitrogen and oxygen atoms in total. The van der Waals surface area contributed by atoms with E-state index in [-0.39, 0.29) is 17.4 Å². The van der Waals surface area contributed by atoms with Crippen molar-refractivity contribution < 1.29 is 4.79 Å². The molecule has 0 radical (unpaired) electrons. The summed E-state index contributed by atoms with van der Waals surface area (Å²) in [5.41, 5.74) is 0.958. The summed E-state index contributed by atoms with van der Waals surface area (Å²) in [6.07, 6.45) is 5.26. The van der Waals surface area contributed by atoms with Gasteiger partial charge < -0.3 is 0 Å². The number of aryl methyl sites for hydroxylation is 1. The molecule has 1 aromatic heterocycles. The van der Waals surface area contributed by atoms with E-state index in [2.05, 4.69) is 4.98 Å². The average Bonchev–Trinajstić information content (AvgIpc) is 3.11. The van der Waals surface area contributed by atoms with Gasteiger partial charge in [0.2, 0.25) is 0 Å². The first-order valence-electron chi connectivity index (χ1n) is 6.77. The van der Waals surface area contributed by atoms with Gasteiger partial charge in [0.15, 0.2) is 0 Å². The number of Topliss-reactive ketones (excluding diaryl/α,β-unsaturated/α-hetero) is 1. The Hall–Kier alpha value is -1.45. The normalized spacial score (nSPS) is 24.3. The number of carbonyl (C=O) groups is 1. The molecule has 18 heavy (non-hydrogen) atoms. The summed E-state index contributed by atoms with van der Waals surface area (Å²) in [6, 6.07) is 1.70. The lowest BCUT2D eigenvalue weighted by Gasteiger charge is -2.24. The summed E-state index contributed by atoms with van der Waals surface area (Å²) >= 11 is 0. The van der Waals surface area contributed by atoms with Crippen LogP contribution >= 0.6 is 0 Å². The van der Waals surface area contributed by atoms with Crippen molar-refractivity contribution in [3.63, 3.8) is 0 Å². The highest BCUT2D eigenvalue weighted by Crippen LogP contribution is 2.38. The van der Waals surface area contributed by atoms with Gasteiger partial charge in [0, 0.05) is 30.9 Å². The van der Waals surface area contributed by atoms with Crippen molar-refractivity contribution in [2.75, 3.05) is 0 Å². The lowest BCUT2D eigenvalue weighted by molar-refractivity contribution is -0.121. The summed E-state index contributed by atoms with van der Waals surface area (Å²) in [5, 5.41) is 0. The molecule has 0 aromatic carbocycles. The van der Waals surface area contributed by atoms with Gasteiger partial charge in [-0.05, 0) is 32.6 Å². The van der Waals surface area contributed by atoms with Gasteiger partial charge in [-0.25, -0.2) is 4.98 Å². The van der Waals surface area contributed by atoms with Crippen LogP contribution in [0.1, 0.15) is 62.0 Å². The van der Waals surface area contributed by atoms with E-state index in [4.69, 9.17) is 0 Å². The minimum Gasteiger partial charge on any atom is -0.300 e. The van der Waals surface area contributed by atoms with Gasteiger partial charge in [0.25, 0.3) is 5.56 Å². The summed E-state index contributed by atoms with van der Waals surface area (Å²) in [5.74, 6) is 1.53. The highest BCUT2D eigenvalue weighted by Gasteiger charge is 2.28. The number of nitrogens with zero attached hydrogens (tertiary/aromatic N) is 2. The topological polar surface area (TPSA) is 52.0 Å². The smallest absolute Gasteiger partial charge is 0.253 e. The molecule has 1 aromatic rings. The van der Waals surface area contributed by atoms with Crippen molar-refractivity contribution >= 4 is 5.78 Å². The zero-order valence-corrected chi connectivity index (χ0v) is 10.7. The van der Waals surface area contributed by atoms with Gasteiger partial charge in [-0.2, -0.15) is 0 Å². The Bertz CT molecular complexity index is 543. The second-order valence-corrected chi connectivity index (χ2v) is 5.50. The maximum Gasteiger partial charge on any atom is 0.253 e. The number of ketones is 1. The second kappa shape index (κ2) is 4.34. The third-order valence-corrected chi connectivity index (χ3v) is 3.97. The molecule has 2 aliphatic carbocycles. The summed E-state index contributed by atoms with van der Waals surface area (Å²) in [4.78, 5) is 28.3. The van der Waals surface area contributed by atoms with E-state index in [0.29, 0.717) is 18.8 Å². The number of hydrogen-bond acceptors (Lipinski definition) is 3. The Kier molecular flexibility index (Phi) is 2.80. The number of hydrogen-bond donors (Lipinski definition) is 0. The third kappa shape index (κ3) is 2.11. The fraction of sp³-hybridized carbons (Fsp3) is 0.643. The molecular weight excluding hydrogens is 228 g/mol. The van der Waals surface area contributed by atoms with E-state index in [1.165, 1.54) is 0 Å². The maximum atomic E-state index is 12.2. The Morgan fingerprint density at radius 2 is 2.06 bits per heavy atom. The van der Waals surface area contributed by atoms with Gasteiger partial charge in [-0.3, -0.25) is 14.2 Å². The largest absolute Gasteiger partial charge is 0.300 e. The molecule has 0 bridgehead atoms. The van der Waals surface area contributed by atoms with Crippen LogP contribution in [0.5, 0.6) is 0 Å². The Balaban J connectivity index is 1.95. The molecule has 1 heterocycles. The molecule has 0 aliphatic heterocycles. The molecule has 0 spiro atoms. The number of carbonyl (C=O) groups excluding carboxylic acids is 1. The summed E-state index contributed by atoms with van der Waals surface area (Å²) in [7, 11) is 0.